The number of hydrogen-bond donors (Lipinski definition) is 2. The molecular weight excluding hydrogens is 232 g/mol. The van der Waals surface area contributed by atoms with Crippen LogP contribution in [0.5, 0.6) is 5.88 Å². The number of aromatic nitrogens is 2. The summed E-state index contributed by atoms with van der Waals surface area (Å²) >= 11 is 0. The number of H-pyrrole nitrogens is 1. The van der Waals surface area contributed by atoms with Gasteiger partial charge in [0.1, 0.15) is 0 Å². The highest BCUT2D eigenvalue weighted by molar-refractivity contribution is 5.48. The van der Waals surface area contributed by atoms with Gasteiger partial charge in [0, 0.05) is 6.54 Å². The number of nitrogens with zero attached hydrogens (tertiary/aromatic N) is 1. The second-order valence-electron chi connectivity index (χ2n) is 3.72. The normalized spacial score (nSPS) is 10.9. The first-order valence-corrected chi connectivity index (χ1v) is 5.41. The van der Waals surface area contributed by atoms with Crippen LogP contribution < -0.4 is 11.2 Å². The van der Waals surface area contributed by atoms with Crippen LogP contribution >= 0.6 is 0 Å². The minimum Gasteiger partial charge on any atom is -0.494 e. The van der Waals surface area contributed by atoms with E-state index in [1.54, 1.807) is 6.08 Å². The number of allylic oxidation sites excluding steroid dienone is 1. The molecule has 0 saturated carbocycles. The van der Waals surface area contributed by atoms with Crippen molar-refractivity contribution in [1.29, 1.82) is 0 Å². The first-order chi connectivity index (χ1) is 8.66. The largest absolute Gasteiger partial charge is 0.494 e. The molecular formula is C13H12N2O3. The van der Waals surface area contributed by atoms with E-state index < -0.39 is 11.2 Å². The third-order valence-corrected chi connectivity index (χ3v) is 2.41. The van der Waals surface area contributed by atoms with Gasteiger partial charge in [0.05, 0.1) is 6.07 Å². The van der Waals surface area contributed by atoms with Gasteiger partial charge in [-0.1, -0.05) is 42.5 Å². The van der Waals surface area contributed by atoms with Crippen molar-refractivity contribution in [3.63, 3.8) is 0 Å². The van der Waals surface area contributed by atoms with E-state index in [1.807, 2.05) is 36.4 Å². The van der Waals surface area contributed by atoms with E-state index in [2.05, 4.69) is 4.98 Å². The molecule has 0 aliphatic rings. The predicted molar refractivity (Wildman–Crippen MR) is 68.5 cm³/mol. The molecule has 5 nitrogen and oxygen atoms in total. The summed E-state index contributed by atoms with van der Waals surface area (Å²) in [4.78, 5) is 24.4. The molecule has 92 valence electrons. The van der Waals surface area contributed by atoms with Crippen molar-refractivity contribution in [2.75, 3.05) is 0 Å². The Hall–Kier alpha value is -2.56. The molecule has 0 unspecified atom stereocenters. The fourth-order valence-electron chi connectivity index (χ4n) is 1.54. The Morgan fingerprint density at radius 3 is 2.61 bits per heavy atom. The van der Waals surface area contributed by atoms with E-state index >= 15 is 0 Å². The van der Waals surface area contributed by atoms with Crippen molar-refractivity contribution >= 4 is 6.08 Å². The highest BCUT2D eigenvalue weighted by Crippen LogP contribution is 2.03. The minimum absolute atomic E-state index is 0.191. The van der Waals surface area contributed by atoms with E-state index in [9.17, 15) is 14.7 Å². The topological polar surface area (TPSA) is 75.1 Å². The highest BCUT2D eigenvalue weighted by atomic mass is 16.3. The van der Waals surface area contributed by atoms with Gasteiger partial charge in [-0.25, -0.2) is 4.79 Å². The zero-order chi connectivity index (χ0) is 13.0. The molecule has 0 atom stereocenters. The molecule has 2 N–H and O–H groups in total. The summed E-state index contributed by atoms with van der Waals surface area (Å²) in [5, 5.41) is 9.48. The quantitative estimate of drug-likeness (QED) is 0.844. The average Bonchev–Trinajstić information content (AvgIpc) is 2.34. The van der Waals surface area contributed by atoms with Gasteiger partial charge in [-0.05, 0) is 5.56 Å². The summed E-state index contributed by atoms with van der Waals surface area (Å²) in [5.74, 6) is -0.346. The molecule has 0 amide bonds. The Labute approximate surface area is 103 Å². The summed E-state index contributed by atoms with van der Waals surface area (Å²) in [6, 6.07) is 10.5. The van der Waals surface area contributed by atoms with Crippen molar-refractivity contribution < 1.29 is 5.11 Å². The third kappa shape index (κ3) is 2.76. The molecule has 0 aliphatic heterocycles. The minimum atomic E-state index is -0.627. The number of nitrogens with one attached hydrogen (secondary N) is 1. The molecule has 18 heavy (non-hydrogen) atoms. The Kier molecular flexibility index (Phi) is 3.43. The van der Waals surface area contributed by atoms with Crippen LogP contribution in [-0.4, -0.2) is 14.7 Å². The van der Waals surface area contributed by atoms with E-state index in [4.69, 9.17) is 0 Å². The van der Waals surface area contributed by atoms with Gasteiger partial charge in [0.2, 0.25) is 5.88 Å². The zero-order valence-corrected chi connectivity index (χ0v) is 9.54. The summed E-state index contributed by atoms with van der Waals surface area (Å²) < 4.78 is 1.07. The maximum absolute atomic E-state index is 11.4. The van der Waals surface area contributed by atoms with E-state index in [0.717, 1.165) is 16.2 Å². The highest BCUT2D eigenvalue weighted by Gasteiger charge is 2.01. The van der Waals surface area contributed by atoms with Crippen molar-refractivity contribution in [2.45, 2.75) is 6.54 Å². The first-order valence-electron chi connectivity index (χ1n) is 5.41. The molecule has 0 radical (unpaired) electrons. The van der Waals surface area contributed by atoms with Crippen LogP contribution in [0.2, 0.25) is 0 Å². The van der Waals surface area contributed by atoms with Crippen LogP contribution in [0, 0.1) is 0 Å². The lowest BCUT2D eigenvalue weighted by atomic mass is 10.2. The molecule has 2 rings (SSSR count). The number of benzene rings is 1. The van der Waals surface area contributed by atoms with Gasteiger partial charge >= 0.3 is 5.69 Å². The number of hydrogen-bond acceptors (Lipinski definition) is 3. The fourth-order valence-corrected chi connectivity index (χ4v) is 1.54. The maximum Gasteiger partial charge on any atom is 0.331 e. The molecule has 5 heteroatoms. The van der Waals surface area contributed by atoms with Crippen LogP contribution in [0.3, 0.4) is 0 Å². The lowest BCUT2D eigenvalue weighted by Crippen LogP contribution is -2.28. The van der Waals surface area contributed by atoms with E-state index in [1.165, 1.54) is 0 Å². The lowest BCUT2D eigenvalue weighted by molar-refractivity contribution is 0.411. The first kappa shape index (κ1) is 11.9. The van der Waals surface area contributed by atoms with Crippen LogP contribution in [0.1, 0.15) is 5.56 Å². The number of aromatic amines is 1. The zero-order valence-electron chi connectivity index (χ0n) is 9.54. The standard InChI is InChI=1S/C13H12N2O3/c16-11-9-12(17)15(13(18)14-11)8-4-7-10-5-2-1-3-6-10/h1-7,9,17H,8H2,(H,14,16,18). The van der Waals surface area contributed by atoms with Crippen LogP contribution in [0.25, 0.3) is 6.08 Å². The van der Waals surface area contributed by atoms with E-state index in [0.29, 0.717) is 0 Å². The van der Waals surface area contributed by atoms with Crippen LogP contribution in [0.15, 0.2) is 52.1 Å². The molecule has 1 aromatic carbocycles. The summed E-state index contributed by atoms with van der Waals surface area (Å²) in [6.07, 6.45) is 3.56. The number of rotatable bonds is 3. The monoisotopic (exact) mass is 244 g/mol. The van der Waals surface area contributed by atoms with Crippen LogP contribution in [0.4, 0.5) is 0 Å². The molecule has 0 aliphatic carbocycles. The SMILES string of the molecule is O=c1cc(O)n(CC=Cc2ccccc2)c(=O)[nH]1. The molecule has 2 aromatic rings. The van der Waals surface area contributed by atoms with Crippen molar-refractivity contribution in [3.05, 3.63) is 68.9 Å². The maximum atomic E-state index is 11.4. The lowest BCUT2D eigenvalue weighted by Gasteiger charge is -2.03. The summed E-state index contributed by atoms with van der Waals surface area (Å²) in [7, 11) is 0. The Balaban J connectivity index is 2.19. The van der Waals surface area contributed by atoms with Crippen molar-refractivity contribution in [1.82, 2.24) is 9.55 Å². The molecule has 1 heterocycles. The molecule has 0 saturated heterocycles. The number of aromatic hydroxyl groups is 1. The molecule has 0 fully saturated rings. The van der Waals surface area contributed by atoms with Gasteiger partial charge < -0.3 is 5.11 Å². The Morgan fingerprint density at radius 2 is 1.94 bits per heavy atom. The second kappa shape index (κ2) is 5.18. The van der Waals surface area contributed by atoms with E-state index in [-0.39, 0.29) is 12.4 Å². The second-order valence-corrected chi connectivity index (χ2v) is 3.72. The molecule has 0 spiro atoms. The van der Waals surface area contributed by atoms with Gasteiger partial charge in [-0.2, -0.15) is 0 Å². The Morgan fingerprint density at radius 1 is 1.22 bits per heavy atom. The fraction of sp³-hybridized carbons (Fsp3) is 0.0769. The predicted octanol–water partition coefficient (Wildman–Crippen LogP) is 0.956. The van der Waals surface area contributed by atoms with Gasteiger partial charge in [-0.15, -0.1) is 0 Å². The average molecular weight is 244 g/mol. The van der Waals surface area contributed by atoms with Crippen molar-refractivity contribution in [2.24, 2.45) is 0 Å². The van der Waals surface area contributed by atoms with Gasteiger partial charge in [0.15, 0.2) is 0 Å². The summed E-state index contributed by atoms with van der Waals surface area (Å²) in [5.41, 5.74) is -0.243. The Bertz CT molecular complexity index is 669. The molecule has 1 aromatic heterocycles. The molecule has 0 bridgehead atoms. The van der Waals surface area contributed by atoms with Crippen LogP contribution in [-0.2, 0) is 6.54 Å². The van der Waals surface area contributed by atoms with Gasteiger partial charge in [-0.3, -0.25) is 14.3 Å². The smallest absolute Gasteiger partial charge is 0.331 e. The summed E-state index contributed by atoms with van der Waals surface area (Å²) in [6.45, 7) is 0.191. The van der Waals surface area contributed by atoms with Gasteiger partial charge in [0.25, 0.3) is 5.56 Å². The third-order valence-electron chi connectivity index (χ3n) is 2.41. The van der Waals surface area contributed by atoms with Crippen molar-refractivity contribution in [3.8, 4) is 5.88 Å².